The lowest BCUT2D eigenvalue weighted by molar-refractivity contribution is -0.115. The van der Waals surface area contributed by atoms with Crippen molar-refractivity contribution in [2.45, 2.75) is 19.8 Å². The molecule has 0 atom stereocenters. The van der Waals surface area contributed by atoms with E-state index in [1.807, 2.05) is 37.3 Å². The van der Waals surface area contributed by atoms with Gasteiger partial charge in [0, 0.05) is 5.56 Å². The molecule has 2 rings (SSSR count). The van der Waals surface area contributed by atoms with Crippen LogP contribution in [0.3, 0.4) is 0 Å². The largest absolute Gasteiger partial charge is 0.491 e. The number of benzene rings is 2. The van der Waals surface area contributed by atoms with Gasteiger partial charge in [0.25, 0.3) is 0 Å². The van der Waals surface area contributed by atoms with Crippen molar-refractivity contribution < 1.29 is 14.3 Å². The molecule has 0 aliphatic rings. The molecular formula is C18H19NO3. The quantitative estimate of drug-likeness (QED) is 0.796. The Balaban J connectivity index is 2.12. The predicted molar refractivity (Wildman–Crippen MR) is 86.4 cm³/mol. The third kappa shape index (κ3) is 4.45. The summed E-state index contributed by atoms with van der Waals surface area (Å²) in [5, 5.41) is 2.82. The second kappa shape index (κ2) is 7.98. The first-order valence-corrected chi connectivity index (χ1v) is 7.28. The van der Waals surface area contributed by atoms with Crippen molar-refractivity contribution >= 4 is 17.9 Å². The highest BCUT2D eigenvalue weighted by molar-refractivity contribution is 5.94. The molecule has 0 aliphatic heterocycles. The van der Waals surface area contributed by atoms with Gasteiger partial charge in [-0.1, -0.05) is 37.3 Å². The molecule has 2 aromatic rings. The molecule has 0 unspecified atom stereocenters. The van der Waals surface area contributed by atoms with E-state index in [1.54, 1.807) is 18.2 Å². The highest BCUT2D eigenvalue weighted by Crippen LogP contribution is 2.26. The summed E-state index contributed by atoms with van der Waals surface area (Å²) in [6.07, 6.45) is 1.89. The predicted octanol–water partition coefficient (Wildman–Crippen LogP) is 3.47. The number of hydrogen-bond donors (Lipinski definition) is 1. The summed E-state index contributed by atoms with van der Waals surface area (Å²) in [5.74, 6) is 0.435. The molecular weight excluding hydrogens is 278 g/mol. The maximum Gasteiger partial charge on any atom is 0.228 e. The molecule has 1 N–H and O–H groups in total. The van der Waals surface area contributed by atoms with Crippen molar-refractivity contribution in [2.24, 2.45) is 0 Å². The van der Waals surface area contributed by atoms with Crippen LogP contribution in [-0.2, 0) is 11.2 Å². The van der Waals surface area contributed by atoms with Crippen molar-refractivity contribution in [1.29, 1.82) is 0 Å². The third-order valence-corrected chi connectivity index (χ3v) is 3.08. The second-order valence-electron chi connectivity index (χ2n) is 4.93. The Morgan fingerprint density at radius 3 is 2.64 bits per heavy atom. The smallest absolute Gasteiger partial charge is 0.228 e. The maximum absolute atomic E-state index is 12.2. The van der Waals surface area contributed by atoms with Crippen LogP contribution in [0.2, 0.25) is 0 Å². The first-order valence-electron chi connectivity index (χ1n) is 7.28. The molecule has 0 fully saturated rings. The molecule has 0 radical (unpaired) electrons. The van der Waals surface area contributed by atoms with E-state index >= 15 is 0 Å². The van der Waals surface area contributed by atoms with Crippen LogP contribution in [0.5, 0.6) is 5.75 Å². The van der Waals surface area contributed by atoms with Crippen LogP contribution < -0.4 is 10.1 Å². The number of anilines is 1. The van der Waals surface area contributed by atoms with Gasteiger partial charge in [0.2, 0.25) is 5.91 Å². The molecule has 0 aromatic heterocycles. The molecule has 0 saturated heterocycles. The molecule has 0 bridgehead atoms. The fourth-order valence-electron chi connectivity index (χ4n) is 2.03. The Bertz CT molecular complexity index is 638. The van der Waals surface area contributed by atoms with Crippen LogP contribution in [0.1, 0.15) is 29.3 Å². The fraction of sp³-hybridized carbons (Fsp3) is 0.222. The standard InChI is InChI=1S/C18H19NO3/c1-2-10-22-17-9-8-15(13-20)11-16(17)19-18(21)12-14-6-4-3-5-7-14/h3-9,11,13H,2,10,12H2,1H3,(H,19,21). The summed E-state index contributed by atoms with van der Waals surface area (Å²) in [7, 11) is 0. The Morgan fingerprint density at radius 1 is 1.18 bits per heavy atom. The average molecular weight is 297 g/mol. The highest BCUT2D eigenvalue weighted by atomic mass is 16.5. The monoisotopic (exact) mass is 297 g/mol. The highest BCUT2D eigenvalue weighted by Gasteiger charge is 2.10. The minimum atomic E-state index is -0.143. The van der Waals surface area contributed by atoms with E-state index in [0.29, 0.717) is 23.6 Å². The first kappa shape index (κ1) is 15.8. The number of rotatable bonds is 7. The molecule has 2 aromatic carbocycles. The second-order valence-corrected chi connectivity index (χ2v) is 4.93. The molecule has 22 heavy (non-hydrogen) atoms. The van der Waals surface area contributed by atoms with Gasteiger partial charge in [0.05, 0.1) is 18.7 Å². The Labute approximate surface area is 130 Å². The summed E-state index contributed by atoms with van der Waals surface area (Å²) in [6, 6.07) is 14.5. The van der Waals surface area contributed by atoms with Crippen LogP contribution >= 0.6 is 0 Å². The molecule has 0 aliphatic carbocycles. The lowest BCUT2D eigenvalue weighted by Gasteiger charge is -2.12. The summed E-state index contributed by atoms with van der Waals surface area (Å²) in [6.45, 7) is 2.56. The van der Waals surface area contributed by atoms with Crippen LogP contribution in [0, 0.1) is 0 Å². The van der Waals surface area contributed by atoms with E-state index in [-0.39, 0.29) is 12.3 Å². The number of amides is 1. The number of hydrogen-bond acceptors (Lipinski definition) is 3. The summed E-state index contributed by atoms with van der Waals surface area (Å²) >= 11 is 0. The number of aldehydes is 1. The van der Waals surface area contributed by atoms with Gasteiger partial charge in [-0.2, -0.15) is 0 Å². The normalized spacial score (nSPS) is 10.0. The first-order chi connectivity index (χ1) is 10.7. The third-order valence-electron chi connectivity index (χ3n) is 3.08. The van der Waals surface area contributed by atoms with Gasteiger partial charge >= 0.3 is 0 Å². The van der Waals surface area contributed by atoms with E-state index in [4.69, 9.17) is 4.74 Å². The van der Waals surface area contributed by atoms with Crippen LogP contribution in [0.15, 0.2) is 48.5 Å². The van der Waals surface area contributed by atoms with Crippen molar-refractivity contribution in [3.63, 3.8) is 0 Å². The van der Waals surface area contributed by atoms with Gasteiger partial charge < -0.3 is 10.1 Å². The zero-order valence-corrected chi connectivity index (χ0v) is 12.5. The maximum atomic E-state index is 12.2. The van der Waals surface area contributed by atoms with Crippen molar-refractivity contribution in [3.8, 4) is 5.75 Å². The van der Waals surface area contributed by atoms with Crippen LogP contribution in [0.25, 0.3) is 0 Å². The van der Waals surface area contributed by atoms with E-state index < -0.39 is 0 Å². The van der Waals surface area contributed by atoms with E-state index in [2.05, 4.69) is 5.32 Å². The van der Waals surface area contributed by atoms with Gasteiger partial charge in [0.15, 0.2) is 0 Å². The fourth-order valence-corrected chi connectivity index (χ4v) is 2.03. The zero-order valence-electron chi connectivity index (χ0n) is 12.5. The van der Waals surface area contributed by atoms with E-state index in [1.165, 1.54) is 0 Å². The molecule has 0 heterocycles. The number of carbonyl (C=O) groups excluding carboxylic acids is 2. The van der Waals surface area contributed by atoms with Gasteiger partial charge in [-0.05, 0) is 30.2 Å². The molecule has 0 saturated carbocycles. The summed E-state index contributed by atoms with van der Waals surface area (Å²) in [5.41, 5.74) is 1.96. The Morgan fingerprint density at radius 2 is 1.95 bits per heavy atom. The van der Waals surface area contributed by atoms with Crippen LogP contribution in [0.4, 0.5) is 5.69 Å². The number of nitrogens with one attached hydrogen (secondary N) is 1. The van der Waals surface area contributed by atoms with Gasteiger partial charge in [-0.15, -0.1) is 0 Å². The summed E-state index contributed by atoms with van der Waals surface area (Å²) in [4.78, 5) is 23.1. The minimum Gasteiger partial charge on any atom is -0.491 e. The molecule has 0 spiro atoms. The summed E-state index contributed by atoms with van der Waals surface area (Å²) < 4.78 is 5.61. The topological polar surface area (TPSA) is 55.4 Å². The van der Waals surface area contributed by atoms with Crippen molar-refractivity contribution in [3.05, 3.63) is 59.7 Å². The lowest BCUT2D eigenvalue weighted by atomic mass is 10.1. The van der Waals surface area contributed by atoms with Crippen molar-refractivity contribution in [1.82, 2.24) is 0 Å². The van der Waals surface area contributed by atoms with E-state index in [0.717, 1.165) is 18.3 Å². The van der Waals surface area contributed by atoms with Gasteiger partial charge in [-0.25, -0.2) is 0 Å². The van der Waals surface area contributed by atoms with E-state index in [9.17, 15) is 9.59 Å². The molecule has 4 nitrogen and oxygen atoms in total. The number of ether oxygens (including phenoxy) is 1. The Kier molecular flexibility index (Phi) is 5.72. The van der Waals surface area contributed by atoms with Gasteiger partial charge in [0.1, 0.15) is 12.0 Å². The van der Waals surface area contributed by atoms with Gasteiger partial charge in [-0.3, -0.25) is 9.59 Å². The van der Waals surface area contributed by atoms with Crippen LogP contribution in [-0.4, -0.2) is 18.8 Å². The SMILES string of the molecule is CCCOc1ccc(C=O)cc1NC(=O)Cc1ccccc1. The van der Waals surface area contributed by atoms with Crippen molar-refractivity contribution in [2.75, 3.05) is 11.9 Å². The lowest BCUT2D eigenvalue weighted by Crippen LogP contribution is -2.15. The average Bonchev–Trinajstić information content (AvgIpc) is 2.54. The molecule has 4 heteroatoms. The zero-order chi connectivity index (χ0) is 15.8. The Hall–Kier alpha value is -2.62. The number of carbonyl (C=O) groups is 2. The minimum absolute atomic E-state index is 0.143. The molecule has 114 valence electrons. The molecule has 1 amide bonds.